The van der Waals surface area contributed by atoms with Crippen LogP contribution in [0.25, 0.3) is 0 Å². The standard InChI is InChI=1S/C13H27NO/c1-5-7-9-14(10-8-6-2)11-13(3,4)12-15/h12H,5-11H2,1-4H3. The van der Waals surface area contributed by atoms with Gasteiger partial charge in [-0.05, 0) is 25.9 Å². The van der Waals surface area contributed by atoms with E-state index in [-0.39, 0.29) is 5.41 Å². The number of rotatable bonds is 9. The Morgan fingerprint density at radius 3 is 1.87 bits per heavy atom. The van der Waals surface area contributed by atoms with Crippen LogP contribution in [0.2, 0.25) is 0 Å². The van der Waals surface area contributed by atoms with E-state index in [4.69, 9.17) is 0 Å². The predicted molar refractivity (Wildman–Crippen MR) is 66.1 cm³/mol. The van der Waals surface area contributed by atoms with E-state index in [9.17, 15) is 4.79 Å². The summed E-state index contributed by atoms with van der Waals surface area (Å²) in [6.07, 6.45) is 6.00. The maximum Gasteiger partial charge on any atom is 0.126 e. The molecule has 0 aromatic carbocycles. The normalized spacial score (nSPS) is 12.1. The first-order valence-corrected chi connectivity index (χ1v) is 6.24. The van der Waals surface area contributed by atoms with E-state index in [0.717, 1.165) is 25.9 Å². The Balaban J connectivity index is 4.04. The summed E-state index contributed by atoms with van der Waals surface area (Å²) in [5.41, 5.74) is -0.193. The first-order chi connectivity index (χ1) is 7.05. The van der Waals surface area contributed by atoms with Crippen LogP contribution in [0.4, 0.5) is 0 Å². The summed E-state index contributed by atoms with van der Waals surface area (Å²) in [5, 5.41) is 0. The fraction of sp³-hybridized carbons (Fsp3) is 0.923. The molecule has 0 bridgehead atoms. The predicted octanol–water partition coefficient (Wildman–Crippen LogP) is 3.11. The minimum atomic E-state index is -0.193. The van der Waals surface area contributed by atoms with Crippen LogP contribution in [-0.4, -0.2) is 30.8 Å². The minimum absolute atomic E-state index is 0.193. The van der Waals surface area contributed by atoms with E-state index in [1.165, 1.54) is 25.7 Å². The summed E-state index contributed by atoms with van der Waals surface area (Å²) >= 11 is 0. The smallest absolute Gasteiger partial charge is 0.126 e. The van der Waals surface area contributed by atoms with Crippen LogP contribution in [0.5, 0.6) is 0 Å². The van der Waals surface area contributed by atoms with Gasteiger partial charge >= 0.3 is 0 Å². The van der Waals surface area contributed by atoms with Gasteiger partial charge in [-0.1, -0.05) is 40.5 Å². The largest absolute Gasteiger partial charge is 0.303 e. The summed E-state index contributed by atoms with van der Waals surface area (Å²) in [6.45, 7) is 11.6. The molecule has 2 nitrogen and oxygen atoms in total. The number of aldehydes is 1. The molecule has 0 heterocycles. The van der Waals surface area contributed by atoms with Gasteiger partial charge in [-0.3, -0.25) is 0 Å². The van der Waals surface area contributed by atoms with Gasteiger partial charge in [0.15, 0.2) is 0 Å². The van der Waals surface area contributed by atoms with Crippen LogP contribution in [0.1, 0.15) is 53.4 Å². The Hall–Kier alpha value is -0.370. The van der Waals surface area contributed by atoms with Crippen LogP contribution in [-0.2, 0) is 4.79 Å². The second kappa shape index (κ2) is 7.86. The van der Waals surface area contributed by atoms with Gasteiger partial charge in [-0.2, -0.15) is 0 Å². The number of nitrogens with zero attached hydrogens (tertiary/aromatic N) is 1. The molecular formula is C13H27NO. The molecule has 0 atom stereocenters. The quantitative estimate of drug-likeness (QED) is 0.548. The van der Waals surface area contributed by atoms with Crippen molar-refractivity contribution in [1.82, 2.24) is 4.90 Å². The molecule has 0 rings (SSSR count). The molecule has 0 unspecified atom stereocenters. The van der Waals surface area contributed by atoms with Gasteiger partial charge in [-0.25, -0.2) is 0 Å². The van der Waals surface area contributed by atoms with Crippen molar-refractivity contribution in [3.63, 3.8) is 0 Å². The molecule has 0 amide bonds. The number of unbranched alkanes of at least 4 members (excludes halogenated alkanes) is 2. The van der Waals surface area contributed by atoms with E-state index in [2.05, 4.69) is 18.7 Å². The highest BCUT2D eigenvalue weighted by atomic mass is 16.1. The lowest BCUT2D eigenvalue weighted by Gasteiger charge is -2.28. The van der Waals surface area contributed by atoms with E-state index >= 15 is 0 Å². The maximum atomic E-state index is 10.9. The molecule has 0 aliphatic rings. The van der Waals surface area contributed by atoms with Gasteiger partial charge in [0.05, 0.1) is 0 Å². The van der Waals surface area contributed by atoms with Crippen molar-refractivity contribution in [1.29, 1.82) is 0 Å². The van der Waals surface area contributed by atoms with Crippen molar-refractivity contribution < 1.29 is 4.79 Å². The Morgan fingerprint density at radius 1 is 1.07 bits per heavy atom. The molecule has 0 radical (unpaired) electrons. The molecule has 15 heavy (non-hydrogen) atoms. The molecule has 0 saturated carbocycles. The average molecular weight is 213 g/mol. The fourth-order valence-corrected chi connectivity index (χ4v) is 1.65. The minimum Gasteiger partial charge on any atom is -0.303 e. The van der Waals surface area contributed by atoms with Crippen molar-refractivity contribution in [3.8, 4) is 0 Å². The third-order valence-electron chi connectivity index (χ3n) is 2.61. The van der Waals surface area contributed by atoms with Crippen molar-refractivity contribution >= 4 is 6.29 Å². The van der Waals surface area contributed by atoms with E-state index in [1.54, 1.807) is 0 Å². The summed E-state index contributed by atoms with van der Waals surface area (Å²) < 4.78 is 0. The third kappa shape index (κ3) is 7.55. The highest BCUT2D eigenvalue weighted by Crippen LogP contribution is 2.14. The van der Waals surface area contributed by atoms with Crippen molar-refractivity contribution in [2.75, 3.05) is 19.6 Å². The molecule has 0 aliphatic heterocycles. The summed E-state index contributed by atoms with van der Waals surface area (Å²) in [7, 11) is 0. The van der Waals surface area contributed by atoms with Gasteiger partial charge in [0.2, 0.25) is 0 Å². The molecule has 0 aliphatic carbocycles. The summed E-state index contributed by atoms with van der Waals surface area (Å²) in [5.74, 6) is 0. The molecule has 0 aromatic heterocycles. The van der Waals surface area contributed by atoms with Gasteiger partial charge in [0.1, 0.15) is 6.29 Å². The highest BCUT2D eigenvalue weighted by Gasteiger charge is 2.20. The highest BCUT2D eigenvalue weighted by molar-refractivity contribution is 5.58. The van der Waals surface area contributed by atoms with Gasteiger partial charge in [-0.15, -0.1) is 0 Å². The van der Waals surface area contributed by atoms with Crippen molar-refractivity contribution in [3.05, 3.63) is 0 Å². The van der Waals surface area contributed by atoms with Crippen LogP contribution >= 0.6 is 0 Å². The lowest BCUT2D eigenvalue weighted by molar-refractivity contribution is -0.115. The molecule has 0 spiro atoms. The monoisotopic (exact) mass is 213 g/mol. The van der Waals surface area contributed by atoms with Crippen LogP contribution in [0, 0.1) is 5.41 Å². The van der Waals surface area contributed by atoms with E-state index < -0.39 is 0 Å². The maximum absolute atomic E-state index is 10.9. The first kappa shape index (κ1) is 14.6. The van der Waals surface area contributed by atoms with Gasteiger partial charge < -0.3 is 9.69 Å². The Labute approximate surface area is 95.0 Å². The van der Waals surface area contributed by atoms with Gasteiger partial charge in [0.25, 0.3) is 0 Å². The zero-order valence-corrected chi connectivity index (χ0v) is 10.9. The first-order valence-electron chi connectivity index (χ1n) is 6.24. The SMILES string of the molecule is CCCCN(CCCC)CC(C)(C)C=O. The third-order valence-corrected chi connectivity index (χ3v) is 2.61. The molecule has 0 N–H and O–H groups in total. The van der Waals surface area contributed by atoms with Crippen LogP contribution in [0.3, 0.4) is 0 Å². The lowest BCUT2D eigenvalue weighted by atomic mass is 9.95. The number of hydrogen-bond donors (Lipinski definition) is 0. The zero-order valence-electron chi connectivity index (χ0n) is 10.9. The summed E-state index contributed by atoms with van der Waals surface area (Å²) in [6, 6.07) is 0. The second-order valence-corrected chi connectivity index (χ2v) is 5.09. The molecule has 0 saturated heterocycles. The summed E-state index contributed by atoms with van der Waals surface area (Å²) in [4.78, 5) is 13.3. The average Bonchev–Trinajstić information content (AvgIpc) is 2.22. The topological polar surface area (TPSA) is 20.3 Å². The Morgan fingerprint density at radius 2 is 1.53 bits per heavy atom. The molecule has 2 heteroatoms. The Kier molecular flexibility index (Phi) is 7.67. The fourth-order valence-electron chi connectivity index (χ4n) is 1.65. The van der Waals surface area contributed by atoms with E-state index in [1.807, 2.05) is 13.8 Å². The molecular weight excluding hydrogens is 186 g/mol. The van der Waals surface area contributed by atoms with E-state index in [0.29, 0.717) is 0 Å². The molecule has 90 valence electrons. The van der Waals surface area contributed by atoms with Crippen LogP contribution < -0.4 is 0 Å². The van der Waals surface area contributed by atoms with Crippen molar-refractivity contribution in [2.45, 2.75) is 53.4 Å². The van der Waals surface area contributed by atoms with Crippen molar-refractivity contribution in [2.24, 2.45) is 5.41 Å². The Bertz CT molecular complexity index is 158. The molecule has 0 fully saturated rings. The number of carbonyl (C=O) groups excluding carboxylic acids is 1. The molecule has 0 aromatic rings. The second-order valence-electron chi connectivity index (χ2n) is 5.09. The number of hydrogen-bond acceptors (Lipinski definition) is 2. The van der Waals surface area contributed by atoms with Gasteiger partial charge in [0, 0.05) is 12.0 Å². The number of carbonyl (C=O) groups is 1. The zero-order chi connectivity index (χ0) is 11.7. The van der Waals surface area contributed by atoms with Crippen LogP contribution in [0.15, 0.2) is 0 Å². The lowest BCUT2D eigenvalue weighted by Crippen LogP contribution is -2.36.